The minimum Gasteiger partial charge on any atom is -0.465 e. The third-order valence-electron chi connectivity index (χ3n) is 3.74. The molecule has 3 aromatic carbocycles. The number of methoxy groups -OCH3 is 1. The molecule has 0 radical (unpaired) electrons. The maximum Gasteiger partial charge on any atom is 0.337 e. The van der Waals surface area contributed by atoms with Gasteiger partial charge < -0.3 is 20.1 Å². The minimum atomic E-state index is -0.534. The molecule has 0 fully saturated rings. The van der Waals surface area contributed by atoms with Crippen molar-refractivity contribution in [2.75, 3.05) is 17.7 Å². The number of anilines is 2. The van der Waals surface area contributed by atoms with Crippen LogP contribution >= 0.6 is 11.6 Å². The van der Waals surface area contributed by atoms with E-state index in [4.69, 9.17) is 16.3 Å². The second kappa shape index (κ2) is 8.92. The lowest BCUT2D eigenvalue weighted by molar-refractivity contribution is 0.0600. The topological polar surface area (TPSA) is 76.7 Å². The first-order valence-corrected chi connectivity index (χ1v) is 8.72. The zero-order chi connectivity index (χ0) is 19.9. The largest absolute Gasteiger partial charge is 0.465 e. The summed E-state index contributed by atoms with van der Waals surface area (Å²) in [5, 5.41) is 5.63. The van der Waals surface area contributed by atoms with Crippen LogP contribution in [0.25, 0.3) is 0 Å². The molecule has 142 valence electrons. The lowest BCUT2D eigenvalue weighted by atomic mass is 10.2. The number of benzene rings is 3. The summed E-state index contributed by atoms with van der Waals surface area (Å²) in [6.45, 7) is 0. The number of carbonyl (C=O) groups excluding carboxylic acids is 2. The van der Waals surface area contributed by atoms with Gasteiger partial charge in [-0.2, -0.15) is 0 Å². The van der Waals surface area contributed by atoms with Crippen LogP contribution < -0.4 is 15.4 Å². The molecule has 3 aromatic rings. The van der Waals surface area contributed by atoms with Crippen LogP contribution in [0.2, 0.25) is 5.02 Å². The average Bonchev–Trinajstić information content (AvgIpc) is 2.71. The van der Waals surface area contributed by atoms with Crippen molar-refractivity contribution in [3.8, 4) is 11.5 Å². The Morgan fingerprint density at radius 3 is 2.29 bits per heavy atom. The number of ether oxygens (including phenoxy) is 2. The first-order chi connectivity index (χ1) is 13.6. The molecule has 2 amide bonds. The summed E-state index contributed by atoms with van der Waals surface area (Å²) < 4.78 is 10.5. The molecule has 0 atom stereocenters. The highest BCUT2D eigenvalue weighted by Gasteiger charge is 2.13. The van der Waals surface area contributed by atoms with Crippen molar-refractivity contribution in [1.29, 1.82) is 0 Å². The molecular weight excluding hydrogens is 380 g/mol. The van der Waals surface area contributed by atoms with Crippen molar-refractivity contribution >= 4 is 35.0 Å². The van der Waals surface area contributed by atoms with Gasteiger partial charge in [0.15, 0.2) is 5.75 Å². The summed E-state index contributed by atoms with van der Waals surface area (Å²) in [7, 11) is 1.28. The van der Waals surface area contributed by atoms with Crippen molar-refractivity contribution in [3.05, 3.63) is 83.4 Å². The summed E-state index contributed by atoms with van der Waals surface area (Å²) >= 11 is 6.11. The van der Waals surface area contributed by atoms with E-state index >= 15 is 0 Å². The van der Waals surface area contributed by atoms with Gasteiger partial charge in [0, 0.05) is 0 Å². The smallest absolute Gasteiger partial charge is 0.337 e. The number of rotatable bonds is 5. The molecule has 3 rings (SSSR count). The van der Waals surface area contributed by atoms with Crippen molar-refractivity contribution in [2.24, 2.45) is 0 Å². The van der Waals surface area contributed by atoms with Crippen LogP contribution in [0.4, 0.5) is 16.2 Å². The van der Waals surface area contributed by atoms with E-state index in [-0.39, 0.29) is 16.3 Å². The zero-order valence-electron chi connectivity index (χ0n) is 14.9. The number of esters is 1. The second-order valence-electron chi connectivity index (χ2n) is 5.68. The highest BCUT2D eigenvalue weighted by Crippen LogP contribution is 2.30. The number of halogens is 1. The molecule has 0 saturated carbocycles. The predicted molar refractivity (Wildman–Crippen MR) is 108 cm³/mol. The first-order valence-electron chi connectivity index (χ1n) is 8.34. The molecule has 0 bridgehead atoms. The van der Waals surface area contributed by atoms with Crippen molar-refractivity contribution in [2.45, 2.75) is 0 Å². The Hall–Kier alpha value is -3.51. The number of carbonyl (C=O) groups is 2. The third kappa shape index (κ3) is 4.81. The van der Waals surface area contributed by atoms with Gasteiger partial charge in [-0.25, -0.2) is 9.59 Å². The number of hydrogen-bond donors (Lipinski definition) is 2. The summed E-state index contributed by atoms with van der Waals surface area (Å²) in [6, 6.07) is 20.2. The summed E-state index contributed by atoms with van der Waals surface area (Å²) in [6.07, 6.45) is 0. The molecule has 6 nitrogen and oxygen atoms in total. The van der Waals surface area contributed by atoms with Gasteiger partial charge in [0.1, 0.15) is 5.75 Å². The molecule has 0 aliphatic heterocycles. The molecular formula is C21H17ClN2O4. The Balaban J connectivity index is 1.75. The van der Waals surface area contributed by atoms with Crippen LogP contribution in [0.5, 0.6) is 11.5 Å². The highest BCUT2D eigenvalue weighted by atomic mass is 35.5. The van der Waals surface area contributed by atoms with E-state index in [1.807, 2.05) is 30.3 Å². The average molecular weight is 397 g/mol. The van der Waals surface area contributed by atoms with Crippen molar-refractivity contribution < 1.29 is 19.1 Å². The number of nitrogens with one attached hydrogen (secondary N) is 2. The monoisotopic (exact) mass is 396 g/mol. The Labute approximate surface area is 167 Å². The molecule has 0 heterocycles. The van der Waals surface area contributed by atoms with Gasteiger partial charge in [-0.05, 0) is 42.5 Å². The normalized spacial score (nSPS) is 10.1. The maximum absolute atomic E-state index is 12.4. The second-order valence-corrected chi connectivity index (χ2v) is 6.08. The molecule has 0 aliphatic carbocycles. The van der Waals surface area contributed by atoms with Gasteiger partial charge in [-0.15, -0.1) is 0 Å². The lowest BCUT2D eigenvalue weighted by Crippen LogP contribution is -2.20. The number of hydrogen-bond acceptors (Lipinski definition) is 4. The number of para-hydroxylation sites is 3. The molecule has 28 heavy (non-hydrogen) atoms. The lowest BCUT2D eigenvalue weighted by Gasteiger charge is -2.13. The SMILES string of the molecule is COC(=O)c1ccc(Cl)c(NC(=O)Nc2ccccc2Oc2ccccc2)c1. The fourth-order valence-electron chi connectivity index (χ4n) is 2.42. The Morgan fingerprint density at radius 2 is 1.54 bits per heavy atom. The molecule has 0 saturated heterocycles. The molecule has 2 N–H and O–H groups in total. The van der Waals surface area contributed by atoms with E-state index in [9.17, 15) is 9.59 Å². The van der Waals surface area contributed by atoms with Gasteiger partial charge >= 0.3 is 12.0 Å². The van der Waals surface area contributed by atoms with Crippen LogP contribution in [0.3, 0.4) is 0 Å². The zero-order valence-corrected chi connectivity index (χ0v) is 15.7. The third-order valence-corrected chi connectivity index (χ3v) is 4.07. The molecule has 0 spiro atoms. The van der Waals surface area contributed by atoms with E-state index in [0.29, 0.717) is 17.2 Å². The fourth-order valence-corrected chi connectivity index (χ4v) is 2.58. The van der Waals surface area contributed by atoms with E-state index in [1.54, 1.807) is 24.3 Å². The molecule has 0 aliphatic rings. The van der Waals surface area contributed by atoms with Gasteiger partial charge in [0.25, 0.3) is 0 Å². The van der Waals surface area contributed by atoms with Gasteiger partial charge in [0.2, 0.25) is 0 Å². The Bertz CT molecular complexity index is 993. The molecule has 7 heteroatoms. The first kappa shape index (κ1) is 19.3. The summed E-state index contributed by atoms with van der Waals surface area (Å²) in [5.74, 6) is 0.603. The predicted octanol–water partition coefficient (Wildman–Crippen LogP) is 5.56. The Morgan fingerprint density at radius 1 is 0.857 bits per heavy atom. The summed E-state index contributed by atoms with van der Waals surface area (Å²) in [4.78, 5) is 24.1. The van der Waals surface area contributed by atoms with Crippen molar-refractivity contribution in [3.63, 3.8) is 0 Å². The van der Waals surface area contributed by atoms with Gasteiger partial charge in [-0.1, -0.05) is 41.9 Å². The number of amides is 2. The maximum atomic E-state index is 12.4. The quantitative estimate of drug-likeness (QED) is 0.553. The summed E-state index contributed by atoms with van der Waals surface area (Å²) in [5.41, 5.74) is 1.03. The highest BCUT2D eigenvalue weighted by molar-refractivity contribution is 6.34. The van der Waals surface area contributed by atoms with Crippen LogP contribution in [0.1, 0.15) is 10.4 Å². The number of urea groups is 1. The van der Waals surface area contributed by atoms with Crippen LogP contribution in [-0.4, -0.2) is 19.1 Å². The van der Waals surface area contributed by atoms with Crippen molar-refractivity contribution in [1.82, 2.24) is 0 Å². The van der Waals surface area contributed by atoms with Crippen LogP contribution in [-0.2, 0) is 4.74 Å². The standard InChI is InChI=1S/C21H17ClN2O4/c1-27-20(25)14-11-12-16(22)18(13-14)24-21(26)23-17-9-5-6-10-19(17)28-15-7-3-2-4-8-15/h2-13H,1H3,(H2,23,24,26). The molecule has 0 aromatic heterocycles. The van der Waals surface area contributed by atoms with E-state index in [1.165, 1.54) is 25.3 Å². The van der Waals surface area contributed by atoms with Crippen LogP contribution in [0.15, 0.2) is 72.8 Å². The van der Waals surface area contributed by atoms with E-state index in [0.717, 1.165) is 0 Å². The van der Waals surface area contributed by atoms with E-state index < -0.39 is 12.0 Å². The van der Waals surface area contributed by atoms with Gasteiger partial charge in [-0.3, -0.25) is 0 Å². The van der Waals surface area contributed by atoms with Crippen LogP contribution in [0, 0.1) is 0 Å². The van der Waals surface area contributed by atoms with Gasteiger partial charge in [0.05, 0.1) is 29.1 Å². The van der Waals surface area contributed by atoms with E-state index in [2.05, 4.69) is 15.4 Å². The fraction of sp³-hybridized carbons (Fsp3) is 0.0476. The minimum absolute atomic E-state index is 0.273. The Kier molecular flexibility index (Phi) is 6.14. The molecule has 0 unspecified atom stereocenters.